The first-order valence-corrected chi connectivity index (χ1v) is 12.7. The molecule has 15 nitrogen and oxygen atoms in total. The number of hydrogen-bond donors (Lipinski definition) is 4. The van der Waals surface area contributed by atoms with Crippen LogP contribution in [0.1, 0.15) is 7.06 Å². The standard InChI is InChI=1S/C18H18N8O7S3/c1-25-18(22-12(28)13(29)23-25)36-4-6-3-34-15-9(14(30)26(15)10(6)16(31)32)21-11(27)8(24-33-2)7-5-35-17(19)20-7/h5,9,15H,3-4H2,1-2H3,(H2,19,20)(H,21,27)(H,23,29)(H,31,32)/b24-8-/i5D. The van der Waals surface area contributed by atoms with E-state index in [0.717, 1.165) is 28.0 Å². The monoisotopic (exact) mass is 555 g/mol. The molecule has 0 bridgehead atoms. The molecule has 0 saturated carbocycles. The van der Waals surface area contributed by atoms with E-state index in [1.165, 1.54) is 30.6 Å². The zero-order chi connectivity index (χ0) is 27.0. The summed E-state index contributed by atoms with van der Waals surface area (Å²) in [6.07, 6.45) is 0. The predicted octanol–water partition coefficient (Wildman–Crippen LogP) is -1.61. The normalized spacial score (nSPS) is 19.9. The third kappa shape index (κ3) is 4.73. The van der Waals surface area contributed by atoms with Gasteiger partial charge in [0.25, 0.3) is 11.8 Å². The van der Waals surface area contributed by atoms with E-state index >= 15 is 0 Å². The van der Waals surface area contributed by atoms with Crippen LogP contribution in [0.5, 0.6) is 0 Å². The maximum absolute atomic E-state index is 12.9. The van der Waals surface area contributed by atoms with Crippen LogP contribution < -0.4 is 22.2 Å². The van der Waals surface area contributed by atoms with E-state index in [-0.39, 0.29) is 44.3 Å². The Balaban J connectivity index is 1.52. The summed E-state index contributed by atoms with van der Waals surface area (Å²) in [6, 6.07) is -1.06. The van der Waals surface area contributed by atoms with E-state index in [4.69, 9.17) is 11.9 Å². The van der Waals surface area contributed by atoms with Gasteiger partial charge in [-0.3, -0.25) is 33.9 Å². The molecule has 2 aliphatic heterocycles. The first kappa shape index (κ1) is 24.1. The summed E-state index contributed by atoms with van der Waals surface area (Å²) in [5.74, 6) is -2.53. The number of aromatic nitrogens is 4. The second kappa shape index (κ2) is 10.2. The van der Waals surface area contributed by atoms with Crippen molar-refractivity contribution in [1.29, 1.82) is 0 Å². The second-order valence-corrected chi connectivity index (χ2v) is 10.1. The smallest absolute Gasteiger partial charge is 0.352 e. The number of carbonyl (C=O) groups is 3. The van der Waals surface area contributed by atoms with Crippen LogP contribution in [0.25, 0.3) is 0 Å². The fourth-order valence-electron chi connectivity index (χ4n) is 3.39. The average Bonchev–Trinajstić information content (AvgIpc) is 3.18. The molecule has 2 unspecified atom stereocenters. The highest BCUT2D eigenvalue weighted by molar-refractivity contribution is 8.01. The molecule has 2 amide bonds. The summed E-state index contributed by atoms with van der Waals surface area (Å²) >= 11 is 3.09. The van der Waals surface area contributed by atoms with Crippen LogP contribution in [0.4, 0.5) is 5.13 Å². The maximum Gasteiger partial charge on any atom is 0.352 e. The number of fused-ring (bicyclic) bond motifs is 1. The summed E-state index contributed by atoms with van der Waals surface area (Å²) in [4.78, 5) is 74.2. The number of β-lactam (4-membered cyclic amide) rings is 1. The SMILES string of the molecule is [2H]c1sc(N)nc1/C(=N/OC)C(=O)NC1C(=O)N2C(C(=O)O)=C(CSc3nc(=O)c(=O)[nH]n3C)CSC12. The van der Waals surface area contributed by atoms with Crippen molar-refractivity contribution in [3.63, 3.8) is 0 Å². The maximum atomic E-state index is 12.9. The fourth-order valence-corrected chi connectivity index (χ4v) is 6.27. The number of anilines is 1. The van der Waals surface area contributed by atoms with Gasteiger partial charge in [-0.25, -0.2) is 9.78 Å². The molecule has 0 spiro atoms. The Bertz CT molecular complexity index is 1480. The van der Waals surface area contributed by atoms with Crippen LogP contribution in [0.3, 0.4) is 0 Å². The molecule has 190 valence electrons. The number of carboxylic acid groups (broad SMARTS) is 1. The van der Waals surface area contributed by atoms with Crippen molar-refractivity contribution in [2.45, 2.75) is 16.6 Å². The topological polar surface area (TPSA) is 215 Å². The van der Waals surface area contributed by atoms with Gasteiger partial charge >= 0.3 is 17.1 Å². The van der Waals surface area contributed by atoms with Gasteiger partial charge in [0.05, 0.1) is 1.37 Å². The number of carbonyl (C=O) groups excluding carboxylic acids is 2. The van der Waals surface area contributed by atoms with Crippen LogP contribution in [-0.2, 0) is 26.3 Å². The van der Waals surface area contributed by atoms with Gasteiger partial charge in [-0.1, -0.05) is 16.9 Å². The lowest BCUT2D eigenvalue weighted by molar-refractivity contribution is -0.150. The lowest BCUT2D eigenvalue weighted by atomic mass is 10.0. The minimum absolute atomic E-state index is 0.0455. The molecule has 2 aromatic rings. The van der Waals surface area contributed by atoms with Crippen molar-refractivity contribution in [3.8, 4) is 0 Å². The van der Waals surface area contributed by atoms with Crippen LogP contribution in [0.15, 0.2) is 36.5 Å². The Morgan fingerprint density at radius 2 is 2.19 bits per heavy atom. The Morgan fingerprint density at radius 1 is 1.44 bits per heavy atom. The fraction of sp³-hybridized carbons (Fsp3) is 0.333. The molecule has 0 radical (unpaired) electrons. The lowest BCUT2D eigenvalue weighted by Gasteiger charge is -2.49. The molecular formula is C18H18N8O7S3. The third-order valence-electron chi connectivity index (χ3n) is 4.96. The highest BCUT2D eigenvalue weighted by Crippen LogP contribution is 2.41. The molecule has 2 aliphatic rings. The van der Waals surface area contributed by atoms with E-state index < -0.39 is 40.3 Å². The van der Waals surface area contributed by atoms with Gasteiger partial charge in [-0.15, -0.1) is 23.1 Å². The second-order valence-electron chi connectivity index (χ2n) is 7.23. The molecule has 5 N–H and O–H groups in total. The molecule has 2 aromatic heterocycles. The van der Waals surface area contributed by atoms with Crippen molar-refractivity contribution in [2.75, 3.05) is 24.3 Å². The molecule has 1 fully saturated rings. The zero-order valence-corrected chi connectivity index (χ0v) is 21.0. The predicted molar refractivity (Wildman–Crippen MR) is 131 cm³/mol. The Labute approximate surface area is 215 Å². The van der Waals surface area contributed by atoms with Gasteiger partial charge in [-0.2, -0.15) is 4.98 Å². The summed E-state index contributed by atoms with van der Waals surface area (Å²) in [5.41, 5.74) is 3.45. The Hall–Kier alpha value is -3.64. The van der Waals surface area contributed by atoms with E-state index in [1.54, 1.807) is 0 Å². The first-order valence-electron chi connectivity index (χ1n) is 10.4. The highest BCUT2D eigenvalue weighted by Gasteiger charge is 2.54. The molecule has 0 aliphatic carbocycles. The van der Waals surface area contributed by atoms with Crippen molar-refractivity contribution in [2.24, 2.45) is 12.2 Å². The van der Waals surface area contributed by atoms with Crippen molar-refractivity contribution in [3.05, 3.63) is 43.0 Å². The molecule has 1 saturated heterocycles. The van der Waals surface area contributed by atoms with Crippen LogP contribution >= 0.6 is 34.9 Å². The number of nitrogens with zero attached hydrogens (tertiary/aromatic N) is 5. The van der Waals surface area contributed by atoms with Gasteiger partial charge in [0.1, 0.15) is 29.9 Å². The number of aromatic amines is 1. The number of thiazole rings is 1. The summed E-state index contributed by atoms with van der Waals surface area (Å²) in [5, 5.41) is 17.7. The van der Waals surface area contributed by atoms with Gasteiger partial charge in [0.2, 0.25) is 0 Å². The lowest BCUT2D eigenvalue weighted by Crippen LogP contribution is -2.71. The van der Waals surface area contributed by atoms with Crippen LogP contribution in [0.2, 0.25) is 0 Å². The van der Waals surface area contributed by atoms with Crippen molar-refractivity contribution in [1.82, 2.24) is 30.0 Å². The number of thioether (sulfide) groups is 2. The minimum atomic E-state index is -1.33. The van der Waals surface area contributed by atoms with Crippen LogP contribution in [-0.4, -0.2) is 83.3 Å². The summed E-state index contributed by atoms with van der Waals surface area (Å²) in [7, 11) is 2.68. The minimum Gasteiger partial charge on any atom is -0.477 e. The molecule has 36 heavy (non-hydrogen) atoms. The zero-order valence-electron chi connectivity index (χ0n) is 19.5. The number of amides is 2. The Morgan fingerprint density at radius 3 is 2.83 bits per heavy atom. The third-order valence-corrected chi connectivity index (χ3v) is 8.01. The van der Waals surface area contributed by atoms with E-state index in [2.05, 4.69) is 25.5 Å². The number of aliphatic carboxylic acids is 1. The number of nitrogens with one attached hydrogen (secondary N) is 2. The molecule has 18 heteroatoms. The molecule has 2 atom stereocenters. The van der Waals surface area contributed by atoms with Gasteiger partial charge in [0.15, 0.2) is 16.0 Å². The van der Waals surface area contributed by atoms with Crippen LogP contribution in [0, 0.1) is 0 Å². The molecular weight excluding hydrogens is 536 g/mol. The van der Waals surface area contributed by atoms with E-state index in [1.807, 2.05) is 0 Å². The summed E-state index contributed by atoms with van der Waals surface area (Å²) in [6.45, 7) is 0. The number of nitrogens with two attached hydrogens (primary N) is 1. The highest BCUT2D eigenvalue weighted by atomic mass is 32.2. The Kier molecular flexibility index (Phi) is 6.79. The van der Waals surface area contributed by atoms with Gasteiger partial charge in [0, 0.05) is 23.9 Å². The van der Waals surface area contributed by atoms with Gasteiger partial charge < -0.3 is 21.0 Å². The number of oxime groups is 1. The first-order chi connectivity index (χ1) is 17.5. The quantitative estimate of drug-likeness (QED) is 0.0951. The van der Waals surface area contributed by atoms with Gasteiger partial charge in [-0.05, 0) is 5.57 Å². The largest absolute Gasteiger partial charge is 0.477 e. The number of hydrogen-bond acceptors (Lipinski definition) is 13. The average molecular weight is 556 g/mol. The summed E-state index contributed by atoms with van der Waals surface area (Å²) < 4.78 is 9.16. The van der Waals surface area contributed by atoms with E-state index in [9.17, 15) is 29.1 Å². The number of carboxylic acids is 1. The van der Waals surface area contributed by atoms with Crippen molar-refractivity contribution < 1.29 is 25.7 Å². The number of aryl methyl sites for hydroxylation is 1. The number of nitrogen functional groups attached to an aromatic ring is 1. The molecule has 4 rings (SSSR count). The molecule has 0 aromatic carbocycles. The number of rotatable bonds is 8. The number of H-pyrrole nitrogens is 1. The van der Waals surface area contributed by atoms with E-state index in [0.29, 0.717) is 5.57 Å². The van der Waals surface area contributed by atoms with Crippen molar-refractivity contribution >= 4 is 63.5 Å². The molecule has 4 heterocycles.